The van der Waals surface area contributed by atoms with Gasteiger partial charge < -0.3 is 15.7 Å². The Morgan fingerprint density at radius 2 is 1.78 bits per heavy atom. The lowest BCUT2D eigenvalue weighted by Crippen LogP contribution is -2.41. The quantitative estimate of drug-likeness (QED) is 0.734. The van der Waals surface area contributed by atoms with Gasteiger partial charge in [-0.25, -0.2) is 0 Å². The van der Waals surface area contributed by atoms with Crippen molar-refractivity contribution in [3.63, 3.8) is 0 Å². The van der Waals surface area contributed by atoms with Gasteiger partial charge in [0, 0.05) is 11.1 Å². The van der Waals surface area contributed by atoms with Crippen LogP contribution < -0.4 is 10.6 Å². The van der Waals surface area contributed by atoms with Crippen molar-refractivity contribution in [1.29, 1.82) is 0 Å². The summed E-state index contributed by atoms with van der Waals surface area (Å²) >= 11 is 0. The minimum absolute atomic E-state index is 0.106. The molecule has 0 heterocycles. The summed E-state index contributed by atoms with van der Waals surface area (Å²) in [5, 5.41) is 16.9. The fraction of sp³-hybridized carbons (Fsp3) is 0.333. The minimum atomic E-state index is -1.02. The second-order valence-electron chi connectivity index (χ2n) is 5.97. The van der Waals surface area contributed by atoms with Gasteiger partial charge in [0.2, 0.25) is 5.91 Å². The Kier molecular flexibility index (Phi) is 5.71. The predicted molar refractivity (Wildman–Crippen MR) is 91.5 cm³/mol. The Hall–Kier alpha value is -2.40. The van der Waals surface area contributed by atoms with Crippen LogP contribution in [-0.4, -0.2) is 29.6 Å². The third kappa shape index (κ3) is 4.79. The number of benzene rings is 2. The van der Waals surface area contributed by atoms with Crippen LogP contribution in [0.2, 0.25) is 0 Å². The van der Waals surface area contributed by atoms with Crippen molar-refractivity contribution in [2.45, 2.75) is 26.3 Å². The molecule has 0 spiro atoms. The molecule has 2 rings (SSSR count). The van der Waals surface area contributed by atoms with Gasteiger partial charge in [-0.15, -0.1) is 0 Å². The molecule has 0 aromatic heterocycles. The van der Waals surface area contributed by atoms with Gasteiger partial charge in [0.25, 0.3) is 0 Å². The molecule has 2 aromatic carbocycles. The molecule has 0 fully saturated rings. The van der Waals surface area contributed by atoms with Crippen molar-refractivity contribution in [1.82, 2.24) is 5.32 Å². The summed E-state index contributed by atoms with van der Waals surface area (Å²) in [7, 11) is 0. The van der Waals surface area contributed by atoms with Crippen LogP contribution in [0.5, 0.6) is 0 Å². The Bertz CT molecular complexity index is 692. The molecule has 3 N–H and O–H groups in total. The van der Waals surface area contributed by atoms with E-state index in [1.54, 1.807) is 0 Å². The van der Waals surface area contributed by atoms with Crippen LogP contribution >= 0.6 is 0 Å². The molecule has 1 amide bonds. The monoisotopic (exact) mass is 314 g/mol. The molecule has 23 heavy (non-hydrogen) atoms. The summed E-state index contributed by atoms with van der Waals surface area (Å²) in [5.41, 5.74) is 0.695. The first-order valence-electron chi connectivity index (χ1n) is 7.71. The average Bonchev–Trinajstić information content (AvgIpc) is 2.51. The van der Waals surface area contributed by atoms with Gasteiger partial charge in [0.1, 0.15) is 6.04 Å². The predicted octanol–water partition coefficient (Wildman–Crippen LogP) is 2.87. The number of hydrogen-bond acceptors (Lipinski definition) is 3. The van der Waals surface area contributed by atoms with Gasteiger partial charge in [0.05, 0.1) is 6.42 Å². The Morgan fingerprint density at radius 3 is 2.48 bits per heavy atom. The smallest absolute Gasteiger partial charge is 0.321 e. The van der Waals surface area contributed by atoms with Crippen LogP contribution in [0.4, 0.5) is 5.69 Å². The number of carbonyl (C=O) groups is 2. The lowest BCUT2D eigenvalue weighted by molar-refractivity contribution is -0.141. The summed E-state index contributed by atoms with van der Waals surface area (Å²) < 4.78 is 0. The second-order valence-corrected chi connectivity index (χ2v) is 5.97. The Morgan fingerprint density at radius 1 is 1.09 bits per heavy atom. The number of anilines is 1. The zero-order valence-corrected chi connectivity index (χ0v) is 13.4. The molecule has 0 aliphatic carbocycles. The third-order valence-electron chi connectivity index (χ3n) is 3.52. The maximum absolute atomic E-state index is 12.2. The largest absolute Gasteiger partial charge is 0.480 e. The summed E-state index contributed by atoms with van der Waals surface area (Å²) in [6, 6.07) is 12.5. The molecule has 0 unspecified atom stereocenters. The van der Waals surface area contributed by atoms with E-state index in [0.717, 1.165) is 10.8 Å². The van der Waals surface area contributed by atoms with Crippen molar-refractivity contribution >= 4 is 28.3 Å². The van der Waals surface area contributed by atoms with Gasteiger partial charge in [-0.2, -0.15) is 0 Å². The zero-order chi connectivity index (χ0) is 16.8. The van der Waals surface area contributed by atoms with E-state index in [0.29, 0.717) is 18.2 Å². The van der Waals surface area contributed by atoms with E-state index < -0.39 is 12.0 Å². The molecule has 122 valence electrons. The number of nitrogens with one attached hydrogen (secondary N) is 2. The van der Waals surface area contributed by atoms with Crippen molar-refractivity contribution in [2.75, 3.05) is 11.9 Å². The lowest BCUT2D eigenvalue weighted by atomic mass is 10.1. The standard InChI is InChI=1S/C18H22N2O3/c1-12(2)11-19-16(18(22)23)10-17(21)20-15-9-5-7-13-6-3-4-8-14(13)15/h3-9,12,16,19H,10-11H2,1-2H3,(H,20,21)(H,22,23)/t16-/m1/s1. The molecule has 0 aliphatic heterocycles. The van der Waals surface area contributed by atoms with Gasteiger partial charge in [-0.1, -0.05) is 50.2 Å². The number of carbonyl (C=O) groups excluding carboxylic acids is 1. The lowest BCUT2D eigenvalue weighted by Gasteiger charge is -2.16. The SMILES string of the molecule is CC(C)CN[C@H](CC(=O)Nc1cccc2ccccc12)C(=O)O. The minimum Gasteiger partial charge on any atom is -0.480 e. The molecular weight excluding hydrogens is 292 g/mol. The van der Waals surface area contributed by atoms with Crippen molar-refractivity contribution in [3.8, 4) is 0 Å². The molecule has 0 saturated heterocycles. The molecule has 0 aliphatic rings. The van der Waals surface area contributed by atoms with Gasteiger partial charge in [0.15, 0.2) is 0 Å². The van der Waals surface area contributed by atoms with Crippen molar-refractivity contribution in [3.05, 3.63) is 42.5 Å². The van der Waals surface area contributed by atoms with E-state index in [9.17, 15) is 14.7 Å². The molecule has 1 atom stereocenters. The summed E-state index contributed by atoms with van der Waals surface area (Å²) in [4.78, 5) is 23.5. The zero-order valence-electron chi connectivity index (χ0n) is 13.4. The number of carboxylic acid groups (broad SMARTS) is 1. The Labute approximate surface area is 135 Å². The fourth-order valence-corrected chi connectivity index (χ4v) is 2.35. The highest BCUT2D eigenvalue weighted by molar-refractivity contribution is 6.03. The van der Waals surface area contributed by atoms with Crippen LogP contribution in [0.25, 0.3) is 10.8 Å². The highest BCUT2D eigenvalue weighted by Gasteiger charge is 2.21. The number of rotatable bonds is 7. The number of hydrogen-bond donors (Lipinski definition) is 3. The van der Waals surface area contributed by atoms with Gasteiger partial charge >= 0.3 is 5.97 Å². The first-order valence-corrected chi connectivity index (χ1v) is 7.71. The van der Waals surface area contributed by atoms with Crippen LogP contribution in [0.1, 0.15) is 20.3 Å². The average molecular weight is 314 g/mol. The molecule has 5 heteroatoms. The molecule has 5 nitrogen and oxygen atoms in total. The van der Waals surface area contributed by atoms with E-state index in [2.05, 4.69) is 10.6 Å². The first-order chi connectivity index (χ1) is 11.0. The van der Waals surface area contributed by atoms with E-state index >= 15 is 0 Å². The van der Waals surface area contributed by atoms with E-state index in [4.69, 9.17) is 0 Å². The fourth-order valence-electron chi connectivity index (χ4n) is 2.35. The van der Waals surface area contributed by atoms with Crippen LogP contribution in [0.3, 0.4) is 0 Å². The number of aliphatic carboxylic acids is 1. The van der Waals surface area contributed by atoms with E-state index in [-0.39, 0.29) is 12.3 Å². The van der Waals surface area contributed by atoms with Crippen molar-refractivity contribution < 1.29 is 14.7 Å². The molecule has 0 saturated carbocycles. The maximum atomic E-state index is 12.2. The van der Waals surface area contributed by atoms with Crippen molar-refractivity contribution in [2.24, 2.45) is 5.92 Å². The molecule has 0 radical (unpaired) electrons. The molecule has 0 bridgehead atoms. The highest BCUT2D eigenvalue weighted by atomic mass is 16.4. The summed E-state index contributed by atoms with van der Waals surface area (Å²) in [5.74, 6) is -1.01. The normalized spacial score (nSPS) is 12.3. The first kappa shape index (κ1) is 17.0. The molecule has 2 aromatic rings. The Balaban J connectivity index is 2.06. The molecular formula is C18H22N2O3. The summed E-state index contributed by atoms with van der Waals surface area (Å²) in [6.07, 6.45) is -0.106. The maximum Gasteiger partial charge on any atom is 0.321 e. The van der Waals surface area contributed by atoms with E-state index in [1.807, 2.05) is 56.3 Å². The number of fused-ring (bicyclic) bond motifs is 1. The second kappa shape index (κ2) is 7.74. The topological polar surface area (TPSA) is 78.4 Å². The van der Waals surface area contributed by atoms with Crippen LogP contribution in [0, 0.1) is 5.92 Å². The van der Waals surface area contributed by atoms with Crippen LogP contribution in [-0.2, 0) is 9.59 Å². The van der Waals surface area contributed by atoms with E-state index in [1.165, 1.54) is 0 Å². The summed E-state index contributed by atoms with van der Waals surface area (Å²) in [6.45, 7) is 4.53. The third-order valence-corrected chi connectivity index (χ3v) is 3.52. The van der Waals surface area contributed by atoms with Gasteiger partial charge in [-0.3, -0.25) is 9.59 Å². The number of amides is 1. The van der Waals surface area contributed by atoms with Gasteiger partial charge in [-0.05, 0) is 23.9 Å². The highest BCUT2D eigenvalue weighted by Crippen LogP contribution is 2.23. The number of carboxylic acids is 1. The van der Waals surface area contributed by atoms with Crippen LogP contribution in [0.15, 0.2) is 42.5 Å².